The maximum absolute atomic E-state index is 13.6. The Labute approximate surface area is 201 Å². The number of methoxy groups -OCH3 is 2. The molecule has 0 spiro atoms. The molecule has 1 amide bonds. The van der Waals surface area contributed by atoms with Crippen LogP contribution in [0, 0.1) is 0 Å². The molecule has 0 unspecified atom stereocenters. The molecule has 1 N–H and O–H groups in total. The first-order valence-corrected chi connectivity index (χ1v) is 11.0. The number of benzene rings is 2. The summed E-state index contributed by atoms with van der Waals surface area (Å²) in [5.74, 6) is -3.64. The molecule has 2 aromatic heterocycles. The summed E-state index contributed by atoms with van der Waals surface area (Å²) in [6.45, 7) is 2.26. The van der Waals surface area contributed by atoms with Gasteiger partial charge in [0, 0.05) is 36.3 Å². The van der Waals surface area contributed by atoms with Gasteiger partial charge in [0.15, 0.2) is 0 Å². The molecular weight excluding hydrogens is 454 g/mol. The number of hydrogen-bond acceptors (Lipinski definition) is 5. The van der Waals surface area contributed by atoms with Crippen molar-refractivity contribution in [3.05, 3.63) is 72.6 Å². The predicted molar refractivity (Wildman–Crippen MR) is 129 cm³/mol. The van der Waals surface area contributed by atoms with Crippen LogP contribution in [0.15, 0.2) is 67.0 Å². The topological polar surface area (TPSA) is 78.3 Å². The second-order valence-electron chi connectivity index (χ2n) is 8.34. The van der Waals surface area contributed by atoms with Crippen molar-refractivity contribution in [2.45, 2.75) is 31.9 Å². The molecule has 2 heterocycles. The SMILES string of the molecule is COc1ccc([C@H]([C@H](C)NC(=O)C(C)(F)F)n2cc3cc(-c4ccc(OC)nc4)ccc3n2)cc1. The fraction of sp³-hybridized carbons (Fsp3) is 0.269. The van der Waals surface area contributed by atoms with Crippen LogP contribution in [-0.2, 0) is 4.79 Å². The van der Waals surface area contributed by atoms with Crippen molar-refractivity contribution in [2.24, 2.45) is 0 Å². The van der Waals surface area contributed by atoms with Crippen LogP contribution in [0.25, 0.3) is 22.0 Å². The molecule has 0 aliphatic heterocycles. The number of carbonyl (C=O) groups is 1. The van der Waals surface area contributed by atoms with Crippen LogP contribution in [0.3, 0.4) is 0 Å². The Hall–Kier alpha value is -4.01. The minimum absolute atomic E-state index is 0.527. The van der Waals surface area contributed by atoms with Gasteiger partial charge in [0.25, 0.3) is 5.91 Å². The average Bonchev–Trinajstić information content (AvgIpc) is 3.26. The Morgan fingerprint density at radius 2 is 1.74 bits per heavy atom. The summed E-state index contributed by atoms with van der Waals surface area (Å²) in [6.07, 6.45) is 3.57. The third-order valence-corrected chi connectivity index (χ3v) is 5.77. The molecule has 0 aliphatic rings. The molecule has 9 heteroatoms. The number of alkyl halides is 2. The van der Waals surface area contributed by atoms with Gasteiger partial charge in [-0.05, 0) is 48.4 Å². The number of fused-ring (bicyclic) bond motifs is 1. The smallest absolute Gasteiger partial charge is 0.321 e. The molecule has 0 radical (unpaired) electrons. The van der Waals surface area contributed by atoms with Crippen LogP contribution in [-0.4, -0.2) is 46.9 Å². The zero-order valence-electron chi connectivity index (χ0n) is 19.8. The summed E-state index contributed by atoms with van der Waals surface area (Å²) in [6, 6.07) is 15.5. The van der Waals surface area contributed by atoms with Crippen LogP contribution >= 0.6 is 0 Å². The monoisotopic (exact) mass is 480 g/mol. The summed E-state index contributed by atoms with van der Waals surface area (Å²) in [4.78, 5) is 16.3. The van der Waals surface area contributed by atoms with E-state index < -0.39 is 23.9 Å². The van der Waals surface area contributed by atoms with E-state index in [1.807, 2.05) is 42.6 Å². The maximum atomic E-state index is 13.6. The van der Waals surface area contributed by atoms with Gasteiger partial charge in [0.1, 0.15) is 5.75 Å². The number of ether oxygens (including phenoxy) is 2. The number of halogens is 2. The van der Waals surface area contributed by atoms with Gasteiger partial charge >= 0.3 is 5.92 Å². The summed E-state index contributed by atoms with van der Waals surface area (Å²) in [5.41, 5.74) is 3.37. The van der Waals surface area contributed by atoms with Gasteiger partial charge in [0.05, 0.1) is 31.8 Å². The number of nitrogens with zero attached hydrogens (tertiary/aromatic N) is 3. The molecule has 0 aliphatic carbocycles. The molecule has 0 saturated heterocycles. The van der Waals surface area contributed by atoms with Gasteiger partial charge in [-0.2, -0.15) is 13.9 Å². The molecule has 2 aromatic carbocycles. The highest BCUT2D eigenvalue weighted by Crippen LogP contribution is 2.29. The lowest BCUT2D eigenvalue weighted by Crippen LogP contribution is -2.46. The van der Waals surface area contributed by atoms with Crippen molar-refractivity contribution >= 4 is 16.8 Å². The summed E-state index contributed by atoms with van der Waals surface area (Å²) < 4.78 is 39.3. The summed E-state index contributed by atoms with van der Waals surface area (Å²) in [7, 11) is 3.13. The number of carbonyl (C=O) groups excluding carboxylic acids is 1. The van der Waals surface area contributed by atoms with E-state index in [0.717, 1.165) is 27.6 Å². The zero-order valence-corrected chi connectivity index (χ0v) is 19.8. The van der Waals surface area contributed by atoms with Crippen molar-refractivity contribution in [3.63, 3.8) is 0 Å². The number of amides is 1. The Morgan fingerprint density at radius 3 is 2.34 bits per heavy atom. The Balaban J connectivity index is 1.72. The van der Waals surface area contributed by atoms with Crippen molar-refractivity contribution < 1.29 is 23.0 Å². The van der Waals surface area contributed by atoms with Crippen molar-refractivity contribution in [2.75, 3.05) is 14.2 Å². The van der Waals surface area contributed by atoms with Gasteiger partial charge in [-0.1, -0.05) is 18.2 Å². The molecule has 0 saturated carbocycles. The molecule has 35 heavy (non-hydrogen) atoms. The average molecular weight is 481 g/mol. The first-order valence-electron chi connectivity index (χ1n) is 11.0. The fourth-order valence-corrected chi connectivity index (χ4v) is 3.92. The van der Waals surface area contributed by atoms with Gasteiger partial charge in [0.2, 0.25) is 5.88 Å². The van der Waals surface area contributed by atoms with E-state index in [2.05, 4.69) is 10.3 Å². The van der Waals surface area contributed by atoms with E-state index in [1.54, 1.807) is 50.2 Å². The maximum Gasteiger partial charge on any atom is 0.321 e. The van der Waals surface area contributed by atoms with Crippen LogP contribution in [0.2, 0.25) is 0 Å². The number of nitrogens with one attached hydrogen (secondary N) is 1. The highest BCUT2D eigenvalue weighted by atomic mass is 19.3. The predicted octanol–water partition coefficient (Wildman–Crippen LogP) is 4.86. The second kappa shape index (κ2) is 9.69. The first kappa shape index (κ1) is 24.1. The van der Waals surface area contributed by atoms with E-state index in [1.165, 1.54) is 0 Å². The molecule has 4 aromatic rings. The molecule has 4 rings (SSSR count). The third kappa shape index (κ3) is 5.24. The van der Waals surface area contributed by atoms with E-state index in [-0.39, 0.29) is 0 Å². The van der Waals surface area contributed by atoms with Crippen molar-refractivity contribution in [1.29, 1.82) is 0 Å². The lowest BCUT2D eigenvalue weighted by Gasteiger charge is -2.27. The largest absolute Gasteiger partial charge is 0.497 e. The first-order chi connectivity index (χ1) is 16.7. The van der Waals surface area contributed by atoms with E-state index in [4.69, 9.17) is 14.6 Å². The lowest BCUT2D eigenvalue weighted by molar-refractivity contribution is -0.143. The van der Waals surface area contributed by atoms with Gasteiger partial charge in [-0.25, -0.2) is 4.98 Å². The Morgan fingerprint density at radius 1 is 1.03 bits per heavy atom. The minimum atomic E-state index is -3.49. The highest BCUT2D eigenvalue weighted by Gasteiger charge is 2.35. The molecule has 182 valence electrons. The van der Waals surface area contributed by atoms with Crippen molar-refractivity contribution in [1.82, 2.24) is 20.1 Å². The molecule has 2 atom stereocenters. The number of hydrogen-bond donors (Lipinski definition) is 1. The molecular formula is C26H26F2N4O3. The van der Waals surface area contributed by atoms with E-state index in [9.17, 15) is 13.6 Å². The number of pyridine rings is 1. The van der Waals surface area contributed by atoms with Crippen LogP contribution in [0.1, 0.15) is 25.5 Å². The standard InChI is InChI=1S/C26H26F2N4O3/c1-16(30-25(33)26(2,27)28)24(17-5-9-21(34-3)10-6-17)32-15-20-13-18(7-11-22(20)31-32)19-8-12-23(35-4)29-14-19/h5-16,24H,1-4H3,(H,30,33)/t16-,24-/m0/s1. The van der Waals surface area contributed by atoms with Crippen LogP contribution < -0.4 is 14.8 Å². The molecule has 0 fully saturated rings. The normalized spacial score (nSPS) is 13.3. The summed E-state index contributed by atoms with van der Waals surface area (Å²) >= 11 is 0. The van der Waals surface area contributed by atoms with Gasteiger partial charge < -0.3 is 14.8 Å². The molecule has 7 nitrogen and oxygen atoms in total. The quantitative estimate of drug-likeness (QED) is 0.390. The lowest BCUT2D eigenvalue weighted by atomic mass is 10.00. The van der Waals surface area contributed by atoms with E-state index in [0.29, 0.717) is 18.6 Å². The minimum Gasteiger partial charge on any atom is -0.497 e. The Bertz CT molecular complexity index is 1320. The fourth-order valence-electron chi connectivity index (χ4n) is 3.92. The van der Waals surface area contributed by atoms with Crippen LogP contribution in [0.4, 0.5) is 8.78 Å². The summed E-state index contributed by atoms with van der Waals surface area (Å²) in [5, 5.41) is 7.99. The second-order valence-corrected chi connectivity index (χ2v) is 8.34. The highest BCUT2D eigenvalue weighted by molar-refractivity contribution is 5.84. The van der Waals surface area contributed by atoms with Crippen molar-refractivity contribution in [3.8, 4) is 22.8 Å². The van der Waals surface area contributed by atoms with Gasteiger partial charge in [-0.3, -0.25) is 9.48 Å². The third-order valence-electron chi connectivity index (χ3n) is 5.77. The number of aromatic nitrogens is 3. The van der Waals surface area contributed by atoms with E-state index >= 15 is 0 Å². The van der Waals surface area contributed by atoms with Gasteiger partial charge in [-0.15, -0.1) is 0 Å². The zero-order chi connectivity index (χ0) is 25.2. The van der Waals surface area contributed by atoms with Crippen LogP contribution in [0.5, 0.6) is 11.6 Å². The molecule has 0 bridgehead atoms. The Kier molecular flexibility index (Phi) is 6.68. The number of rotatable bonds is 8.